The molecule has 1 N–H and O–H groups in total. The van der Waals surface area contributed by atoms with Crippen LogP contribution in [0.3, 0.4) is 0 Å². The van der Waals surface area contributed by atoms with Crippen LogP contribution in [-0.2, 0) is 15.7 Å². The van der Waals surface area contributed by atoms with Gasteiger partial charge in [0.2, 0.25) is 5.91 Å². The molecule has 1 rings (SSSR count). The Balaban J connectivity index is 2.83. The topological polar surface area (TPSA) is 38.3 Å². The minimum atomic E-state index is -4.39. The standard InChI is InChI=1S/C13H16F3NO2/c1-8(17-12(18)9(2)19-3)10-5-4-6-11(7-10)13(14,15)16/h4-9H,1-3H3,(H,17,18). The predicted molar refractivity (Wildman–Crippen MR) is 64.5 cm³/mol. The van der Waals surface area contributed by atoms with Gasteiger partial charge in [-0.15, -0.1) is 0 Å². The number of hydrogen-bond donors (Lipinski definition) is 1. The summed E-state index contributed by atoms with van der Waals surface area (Å²) in [6.45, 7) is 3.18. The van der Waals surface area contributed by atoms with E-state index < -0.39 is 23.9 Å². The van der Waals surface area contributed by atoms with E-state index in [4.69, 9.17) is 4.74 Å². The van der Waals surface area contributed by atoms with Crippen molar-refractivity contribution >= 4 is 5.91 Å². The van der Waals surface area contributed by atoms with E-state index in [1.54, 1.807) is 13.8 Å². The van der Waals surface area contributed by atoms with Gasteiger partial charge in [-0.05, 0) is 31.5 Å². The summed E-state index contributed by atoms with van der Waals surface area (Å²) in [5, 5.41) is 2.59. The number of benzene rings is 1. The molecule has 106 valence electrons. The zero-order valence-corrected chi connectivity index (χ0v) is 10.9. The number of amides is 1. The maximum Gasteiger partial charge on any atom is 0.416 e. The fourth-order valence-electron chi connectivity index (χ4n) is 1.51. The summed E-state index contributed by atoms with van der Waals surface area (Å²) >= 11 is 0. The number of nitrogens with one attached hydrogen (secondary N) is 1. The molecule has 0 aliphatic carbocycles. The zero-order chi connectivity index (χ0) is 14.6. The number of methoxy groups -OCH3 is 1. The normalized spacial score (nSPS) is 14.8. The summed E-state index contributed by atoms with van der Waals surface area (Å²) < 4.78 is 42.5. The highest BCUT2D eigenvalue weighted by Gasteiger charge is 2.30. The van der Waals surface area contributed by atoms with Gasteiger partial charge in [0.1, 0.15) is 6.10 Å². The number of halogens is 3. The van der Waals surface area contributed by atoms with Crippen LogP contribution < -0.4 is 5.32 Å². The number of rotatable bonds is 4. The number of alkyl halides is 3. The van der Waals surface area contributed by atoms with Gasteiger partial charge < -0.3 is 10.1 Å². The molecule has 0 heterocycles. The average molecular weight is 275 g/mol. The second-order valence-electron chi connectivity index (χ2n) is 4.23. The van der Waals surface area contributed by atoms with Crippen LogP contribution in [0.2, 0.25) is 0 Å². The quantitative estimate of drug-likeness (QED) is 0.917. The molecular weight excluding hydrogens is 259 g/mol. The molecule has 2 unspecified atom stereocenters. The molecule has 0 aromatic heterocycles. The van der Waals surface area contributed by atoms with Gasteiger partial charge in [-0.25, -0.2) is 0 Å². The summed E-state index contributed by atoms with van der Waals surface area (Å²) in [6.07, 6.45) is -5.03. The van der Waals surface area contributed by atoms with Crippen molar-refractivity contribution in [2.45, 2.75) is 32.2 Å². The molecule has 0 aliphatic heterocycles. The fraction of sp³-hybridized carbons (Fsp3) is 0.462. The SMILES string of the molecule is COC(C)C(=O)NC(C)c1cccc(C(F)(F)F)c1. The van der Waals surface area contributed by atoms with Crippen molar-refractivity contribution in [1.29, 1.82) is 0 Å². The lowest BCUT2D eigenvalue weighted by atomic mass is 10.0. The Labute approximate surface area is 109 Å². The monoisotopic (exact) mass is 275 g/mol. The first-order valence-corrected chi connectivity index (χ1v) is 5.76. The molecule has 0 saturated heterocycles. The van der Waals surface area contributed by atoms with Crippen LogP contribution in [0.1, 0.15) is 31.0 Å². The maximum atomic E-state index is 12.6. The highest BCUT2D eigenvalue weighted by atomic mass is 19.4. The van der Waals surface area contributed by atoms with Crippen molar-refractivity contribution in [3.63, 3.8) is 0 Å². The molecule has 0 aliphatic rings. The van der Waals surface area contributed by atoms with Crippen molar-refractivity contribution in [3.05, 3.63) is 35.4 Å². The van der Waals surface area contributed by atoms with Crippen LogP contribution in [0.5, 0.6) is 0 Å². The summed E-state index contributed by atoms with van der Waals surface area (Å²) in [7, 11) is 1.39. The van der Waals surface area contributed by atoms with E-state index in [9.17, 15) is 18.0 Å². The van der Waals surface area contributed by atoms with Crippen LogP contribution >= 0.6 is 0 Å². The minimum absolute atomic E-state index is 0.368. The van der Waals surface area contributed by atoms with Crippen LogP contribution in [0.4, 0.5) is 13.2 Å². The summed E-state index contributed by atoms with van der Waals surface area (Å²) in [5.41, 5.74) is -0.336. The van der Waals surface area contributed by atoms with Crippen molar-refractivity contribution in [3.8, 4) is 0 Å². The maximum absolute atomic E-state index is 12.6. The van der Waals surface area contributed by atoms with E-state index >= 15 is 0 Å². The van der Waals surface area contributed by atoms with Gasteiger partial charge in [0.15, 0.2) is 0 Å². The first-order valence-electron chi connectivity index (χ1n) is 5.76. The van der Waals surface area contributed by atoms with Crippen LogP contribution in [0.15, 0.2) is 24.3 Å². The molecule has 6 heteroatoms. The molecule has 0 radical (unpaired) electrons. The molecule has 0 bridgehead atoms. The Bertz CT molecular complexity index is 446. The summed E-state index contributed by atoms with van der Waals surface area (Å²) in [6, 6.07) is 4.36. The van der Waals surface area contributed by atoms with E-state index in [1.807, 2.05) is 0 Å². The van der Waals surface area contributed by atoms with Crippen molar-refractivity contribution in [2.75, 3.05) is 7.11 Å². The number of ether oxygens (including phenoxy) is 1. The van der Waals surface area contributed by atoms with Gasteiger partial charge in [0.25, 0.3) is 0 Å². The first-order chi connectivity index (χ1) is 8.75. The molecule has 3 nitrogen and oxygen atoms in total. The van der Waals surface area contributed by atoms with E-state index in [1.165, 1.54) is 19.2 Å². The zero-order valence-electron chi connectivity index (χ0n) is 10.9. The highest BCUT2D eigenvalue weighted by Crippen LogP contribution is 2.30. The number of carbonyl (C=O) groups is 1. The summed E-state index contributed by atoms with van der Waals surface area (Å²) in [5.74, 6) is -0.368. The van der Waals surface area contributed by atoms with Gasteiger partial charge in [0, 0.05) is 7.11 Å². The van der Waals surface area contributed by atoms with Gasteiger partial charge in [0.05, 0.1) is 11.6 Å². The highest BCUT2D eigenvalue weighted by molar-refractivity contribution is 5.80. The second kappa shape index (κ2) is 6.06. The molecule has 1 aromatic rings. The molecular formula is C13H16F3NO2. The largest absolute Gasteiger partial charge is 0.416 e. The lowest BCUT2D eigenvalue weighted by Gasteiger charge is -2.18. The molecule has 0 fully saturated rings. The van der Waals surface area contributed by atoms with Crippen molar-refractivity contribution in [2.24, 2.45) is 0 Å². The average Bonchev–Trinajstić information content (AvgIpc) is 2.36. The van der Waals surface area contributed by atoms with E-state index in [0.29, 0.717) is 5.56 Å². The van der Waals surface area contributed by atoms with Crippen molar-refractivity contribution < 1.29 is 22.7 Å². The first kappa shape index (κ1) is 15.5. The van der Waals surface area contributed by atoms with Gasteiger partial charge in [-0.1, -0.05) is 12.1 Å². The van der Waals surface area contributed by atoms with Gasteiger partial charge >= 0.3 is 6.18 Å². The molecule has 19 heavy (non-hydrogen) atoms. The van der Waals surface area contributed by atoms with Crippen LogP contribution in [-0.4, -0.2) is 19.1 Å². The molecule has 1 amide bonds. The third-order valence-electron chi connectivity index (χ3n) is 2.80. The lowest BCUT2D eigenvalue weighted by molar-refractivity contribution is -0.137. The fourth-order valence-corrected chi connectivity index (χ4v) is 1.51. The minimum Gasteiger partial charge on any atom is -0.372 e. The second-order valence-corrected chi connectivity index (χ2v) is 4.23. The van der Waals surface area contributed by atoms with Gasteiger partial charge in [-0.2, -0.15) is 13.2 Å². The smallest absolute Gasteiger partial charge is 0.372 e. The Morgan fingerprint density at radius 2 is 1.95 bits per heavy atom. The molecule has 0 spiro atoms. The molecule has 0 saturated carbocycles. The van der Waals surface area contributed by atoms with E-state index in [0.717, 1.165) is 12.1 Å². The lowest BCUT2D eigenvalue weighted by Crippen LogP contribution is -2.35. The third-order valence-corrected chi connectivity index (χ3v) is 2.80. The van der Waals surface area contributed by atoms with E-state index in [2.05, 4.69) is 5.32 Å². The summed E-state index contributed by atoms with van der Waals surface area (Å²) in [4.78, 5) is 11.6. The number of hydrogen-bond acceptors (Lipinski definition) is 2. The predicted octanol–water partition coefficient (Wildman–Crippen LogP) is 2.92. The molecule has 1 aromatic carbocycles. The van der Waals surface area contributed by atoms with Gasteiger partial charge in [-0.3, -0.25) is 4.79 Å². The Hall–Kier alpha value is -1.56. The van der Waals surface area contributed by atoms with Crippen molar-refractivity contribution in [1.82, 2.24) is 5.32 Å². The Kier molecular flexibility index (Phi) is 4.94. The van der Waals surface area contributed by atoms with Crippen LogP contribution in [0, 0.1) is 0 Å². The Morgan fingerprint density at radius 1 is 1.32 bits per heavy atom. The molecule has 2 atom stereocenters. The third kappa shape index (κ3) is 4.24. The van der Waals surface area contributed by atoms with Crippen LogP contribution in [0.25, 0.3) is 0 Å². The number of carbonyl (C=O) groups excluding carboxylic acids is 1. The Morgan fingerprint density at radius 3 is 2.47 bits per heavy atom. The van der Waals surface area contributed by atoms with E-state index in [-0.39, 0.29) is 5.91 Å².